The third kappa shape index (κ3) is 5.63. The van der Waals surface area contributed by atoms with Crippen LogP contribution < -0.4 is 10.6 Å². The number of amides is 2. The summed E-state index contributed by atoms with van der Waals surface area (Å²) in [6.45, 7) is 2.91. The summed E-state index contributed by atoms with van der Waals surface area (Å²) in [6.07, 6.45) is 1.88. The molecule has 0 aromatic heterocycles. The van der Waals surface area contributed by atoms with Crippen molar-refractivity contribution in [2.24, 2.45) is 0 Å². The molecule has 6 heteroatoms. The van der Waals surface area contributed by atoms with Crippen molar-refractivity contribution in [3.8, 4) is 0 Å². The highest BCUT2D eigenvalue weighted by molar-refractivity contribution is 6.35. The van der Waals surface area contributed by atoms with Crippen LogP contribution in [0.5, 0.6) is 0 Å². The first kappa shape index (κ1) is 18.1. The minimum Gasteiger partial charge on any atom is -0.335 e. The number of anilines is 1. The fourth-order valence-corrected chi connectivity index (χ4v) is 3.58. The molecule has 2 aromatic rings. The number of nitrogens with zero attached hydrogens (tertiary/aromatic N) is 1. The van der Waals surface area contributed by atoms with Crippen molar-refractivity contribution in [3.63, 3.8) is 0 Å². The molecular formula is C19H21Cl2N3O. The van der Waals surface area contributed by atoms with Gasteiger partial charge in [-0.15, -0.1) is 0 Å². The van der Waals surface area contributed by atoms with Crippen molar-refractivity contribution in [3.05, 3.63) is 64.1 Å². The lowest BCUT2D eigenvalue weighted by Gasteiger charge is -2.32. The van der Waals surface area contributed by atoms with Gasteiger partial charge in [-0.2, -0.15) is 0 Å². The highest BCUT2D eigenvalue weighted by atomic mass is 35.5. The topological polar surface area (TPSA) is 44.4 Å². The predicted octanol–water partition coefficient (Wildman–Crippen LogP) is 4.78. The Morgan fingerprint density at radius 2 is 1.68 bits per heavy atom. The molecule has 0 spiro atoms. The number of hydrogen-bond donors (Lipinski definition) is 2. The molecule has 0 bridgehead atoms. The fourth-order valence-electron chi connectivity index (χ4n) is 3.06. The Morgan fingerprint density at radius 3 is 2.32 bits per heavy atom. The predicted molar refractivity (Wildman–Crippen MR) is 103 cm³/mol. The van der Waals surface area contributed by atoms with Gasteiger partial charge in [-0.05, 0) is 36.6 Å². The van der Waals surface area contributed by atoms with Crippen molar-refractivity contribution in [1.29, 1.82) is 0 Å². The monoisotopic (exact) mass is 377 g/mol. The number of rotatable bonds is 4. The van der Waals surface area contributed by atoms with Gasteiger partial charge >= 0.3 is 6.03 Å². The van der Waals surface area contributed by atoms with Crippen LogP contribution in [-0.4, -0.2) is 30.1 Å². The van der Waals surface area contributed by atoms with E-state index in [1.807, 2.05) is 6.07 Å². The van der Waals surface area contributed by atoms with Gasteiger partial charge in [0.15, 0.2) is 0 Å². The van der Waals surface area contributed by atoms with Crippen molar-refractivity contribution in [2.75, 3.05) is 18.4 Å². The lowest BCUT2D eigenvalue weighted by molar-refractivity contribution is 0.190. The number of likely N-dealkylation sites (tertiary alicyclic amines) is 1. The molecule has 2 amide bonds. The quantitative estimate of drug-likeness (QED) is 0.804. The van der Waals surface area contributed by atoms with E-state index in [-0.39, 0.29) is 12.1 Å². The second-order valence-corrected chi connectivity index (χ2v) is 7.17. The average Bonchev–Trinajstić information content (AvgIpc) is 2.56. The average molecular weight is 378 g/mol. The number of urea groups is 1. The second-order valence-electron chi connectivity index (χ2n) is 6.29. The maximum atomic E-state index is 12.2. The molecule has 2 N–H and O–H groups in total. The number of nitrogens with one attached hydrogen (secondary N) is 2. The minimum absolute atomic E-state index is 0.182. The Morgan fingerprint density at radius 1 is 1.04 bits per heavy atom. The molecule has 25 heavy (non-hydrogen) atoms. The van der Waals surface area contributed by atoms with Gasteiger partial charge in [0.2, 0.25) is 0 Å². The van der Waals surface area contributed by atoms with Crippen LogP contribution in [-0.2, 0) is 6.54 Å². The number of halogens is 2. The number of benzene rings is 2. The van der Waals surface area contributed by atoms with Crippen LogP contribution in [0.3, 0.4) is 0 Å². The summed E-state index contributed by atoms with van der Waals surface area (Å²) in [6, 6.07) is 15.4. The number of hydrogen-bond acceptors (Lipinski definition) is 2. The first-order valence-corrected chi connectivity index (χ1v) is 9.14. The molecule has 1 saturated heterocycles. The molecule has 1 fully saturated rings. The molecule has 3 rings (SSSR count). The van der Waals surface area contributed by atoms with E-state index in [1.165, 1.54) is 5.56 Å². The minimum atomic E-state index is -0.222. The molecule has 2 aromatic carbocycles. The molecular weight excluding hydrogens is 357 g/mol. The maximum Gasteiger partial charge on any atom is 0.319 e. The molecule has 0 saturated carbocycles. The second kappa shape index (κ2) is 8.56. The summed E-state index contributed by atoms with van der Waals surface area (Å²) in [7, 11) is 0. The Kier molecular flexibility index (Phi) is 6.19. The molecule has 4 nitrogen and oxygen atoms in total. The molecule has 0 radical (unpaired) electrons. The zero-order chi connectivity index (χ0) is 17.6. The van der Waals surface area contributed by atoms with Gasteiger partial charge < -0.3 is 10.6 Å². The van der Waals surface area contributed by atoms with Crippen LogP contribution in [0.1, 0.15) is 18.4 Å². The normalized spacial score (nSPS) is 15.8. The Bertz CT molecular complexity index is 696. The van der Waals surface area contributed by atoms with E-state index in [0.29, 0.717) is 15.7 Å². The first-order valence-electron chi connectivity index (χ1n) is 8.38. The Hall–Kier alpha value is -1.75. The largest absolute Gasteiger partial charge is 0.335 e. The van der Waals surface area contributed by atoms with E-state index in [1.54, 1.807) is 18.2 Å². The van der Waals surface area contributed by atoms with E-state index in [4.69, 9.17) is 23.2 Å². The highest BCUT2D eigenvalue weighted by Crippen LogP contribution is 2.22. The van der Waals surface area contributed by atoms with E-state index in [0.717, 1.165) is 32.5 Å². The van der Waals surface area contributed by atoms with Gasteiger partial charge in [0.1, 0.15) is 0 Å². The number of piperidine rings is 1. The third-order valence-electron chi connectivity index (χ3n) is 4.29. The van der Waals surface area contributed by atoms with Crippen LogP contribution in [0, 0.1) is 0 Å². The zero-order valence-electron chi connectivity index (χ0n) is 13.8. The molecule has 132 valence electrons. The van der Waals surface area contributed by atoms with Crippen LogP contribution in [0.2, 0.25) is 10.0 Å². The molecule has 0 unspecified atom stereocenters. The van der Waals surface area contributed by atoms with Gasteiger partial charge in [0, 0.05) is 41.4 Å². The summed E-state index contributed by atoms with van der Waals surface area (Å²) in [4.78, 5) is 14.6. The summed E-state index contributed by atoms with van der Waals surface area (Å²) in [5.41, 5.74) is 1.92. The number of carbonyl (C=O) groups is 1. The lowest BCUT2D eigenvalue weighted by Crippen LogP contribution is -2.45. The molecule has 0 atom stereocenters. The van der Waals surface area contributed by atoms with Crippen LogP contribution in [0.25, 0.3) is 0 Å². The standard InChI is InChI=1S/C19H21Cl2N3O/c20-15-10-16(21)12-18(11-15)23-19(25)22-17-6-8-24(9-7-17)13-14-4-2-1-3-5-14/h1-5,10-12,17H,6-9,13H2,(H2,22,23,25). The molecule has 0 aliphatic carbocycles. The Balaban J connectivity index is 1.44. The SMILES string of the molecule is O=C(Nc1cc(Cl)cc(Cl)c1)NC1CCN(Cc2ccccc2)CC1. The number of carbonyl (C=O) groups excluding carboxylic acids is 1. The van der Waals surface area contributed by atoms with Gasteiger partial charge in [-0.3, -0.25) is 4.90 Å². The maximum absolute atomic E-state index is 12.2. The van der Waals surface area contributed by atoms with Crippen molar-refractivity contribution < 1.29 is 4.79 Å². The summed E-state index contributed by atoms with van der Waals surface area (Å²) in [5.74, 6) is 0. The summed E-state index contributed by atoms with van der Waals surface area (Å²) >= 11 is 11.9. The van der Waals surface area contributed by atoms with E-state index < -0.39 is 0 Å². The van der Waals surface area contributed by atoms with Gasteiger partial charge in [-0.1, -0.05) is 53.5 Å². The van der Waals surface area contributed by atoms with Gasteiger partial charge in [-0.25, -0.2) is 4.79 Å². The van der Waals surface area contributed by atoms with E-state index >= 15 is 0 Å². The van der Waals surface area contributed by atoms with E-state index in [2.05, 4.69) is 39.8 Å². The van der Waals surface area contributed by atoms with Gasteiger partial charge in [0.05, 0.1) is 0 Å². The molecule has 1 heterocycles. The highest BCUT2D eigenvalue weighted by Gasteiger charge is 2.20. The van der Waals surface area contributed by atoms with Crippen LogP contribution in [0.15, 0.2) is 48.5 Å². The van der Waals surface area contributed by atoms with Crippen molar-refractivity contribution in [1.82, 2.24) is 10.2 Å². The van der Waals surface area contributed by atoms with Gasteiger partial charge in [0.25, 0.3) is 0 Å². The fraction of sp³-hybridized carbons (Fsp3) is 0.316. The summed E-state index contributed by atoms with van der Waals surface area (Å²) in [5, 5.41) is 6.81. The molecule has 1 aliphatic rings. The first-order chi connectivity index (χ1) is 12.1. The van der Waals surface area contributed by atoms with E-state index in [9.17, 15) is 4.79 Å². The van der Waals surface area contributed by atoms with Crippen molar-refractivity contribution in [2.45, 2.75) is 25.4 Å². The Labute approximate surface area is 158 Å². The lowest BCUT2D eigenvalue weighted by atomic mass is 10.0. The van der Waals surface area contributed by atoms with Crippen LogP contribution in [0.4, 0.5) is 10.5 Å². The third-order valence-corrected chi connectivity index (χ3v) is 4.73. The van der Waals surface area contributed by atoms with Crippen molar-refractivity contribution >= 4 is 34.9 Å². The zero-order valence-corrected chi connectivity index (χ0v) is 15.4. The van der Waals surface area contributed by atoms with Crippen LogP contribution >= 0.6 is 23.2 Å². The summed E-state index contributed by atoms with van der Waals surface area (Å²) < 4.78 is 0. The molecule has 1 aliphatic heterocycles. The smallest absolute Gasteiger partial charge is 0.319 e.